The average Bonchev–Trinajstić information content (AvgIpc) is 3.76. The number of aromatic nitrogens is 4. The Morgan fingerprint density at radius 2 is 1.21 bits per heavy atom. The number of benzene rings is 7. The molecule has 0 saturated heterocycles. The Kier molecular flexibility index (Phi) is 6.18. The molecule has 52 heavy (non-hydrogen) atoms. The zero-order chi connectivity index (χ0) is 34.2. The fraction of sp³-hybridized carbons (Fsp3) is 0. The highest BCUT2D eigenvalue weighted by Crippen LogP contribution is 2.41. The van der Waals surface area contributed by atoms with Crippen molar-refractivity contribution in [3.05, 3.63) is 170 Å². The van der Waals surface area contributed by atoms with Crippen molar-refractivity contribution in [1.82, 2.24) is 19.5 Å². The van der Waals surface area contributed by atoms with Gasteiger partial charge in [-0.15, -0.1) is 0 Å². The summed E-state index contributed by atoms with van der Waals surface area (Å²) in [7, 11) is 0. The zero-order valence-electron chi connectivity index (χ0n) is 27.9. The van der Waals surface area contributed by atoms with Crippen LogP contribution in [-0.2, 0) is 0 Å². The highest BCUT2D eigenvalue weighted by molar-refractivity contribution is 6.15. The van der Waals surface area contributed by atoms with Gasteiger partial charge >= 0.3 is 0 Å². The monoisotopic (exact) mass is 664 g/mol. The third kappa shape index (κ3) is 4.33. The standard InChI is InChI=1S/C47H28N4O/c1-3-11-29(12-4-1)45-36-22-23-39-34(17-10-26-48-39)46(36)50-47(49-45)35-16-9-19-43-44(35)38-28-31(21-25-42(38)52-43)30-20-24-41-37(27-30)33-15-7-8-18-40(33)51(41)32-13-5-2-6-14-32/h1-28H. The Hall–Kier alpha value is -7.11. The van der Waals surface area contributed by atoms with E-state index in [9.17, 15) is 0 Å². The highest BCUT2D eigenvalue weighted by atomic mass is 16.3. The number of para-hydroxylation sites is 2. The minimum Gasteiger partial charge on any atom is -0.456 e. The van der Waals surface area contributed by atoms with Crippen LogP contribution in [-0.4, -0.2) is 19.5 Å². The van der Waals surface area contributed by atoms with Crippen molar-refractivity contribution in [3.8, 4) is 39.5 Å². The molecule has 0 unspecified atom stereocenters. The lowest BCUT2D eigenvalue weighted by atomic mass is 9.98. The van der Waals surface area contributed by atoms with Crippen LogP contribution in [0.4, 0.5) is 0 Å². The maximum Gasteiger partial charge on any atom is 0.161 e. The number of nitrogens with zero attached hydrogens (tertiary/aromatic N) is 4. The Labute approximate surface area is 298 Å². The van der Waals surface area contributed by atoms with Crippen molar-refractivity contribution >= 4 is 65.6 Å². The van der Waals surface area contributed by atoms with E-state index in [0.29, 0.717) is 5.82 Å². The summed E-state index contributed by atoms with van der Waals surface area (Å²) in [6, 6.07) is 57.2. The number of furan rings is 1. The molecule has 0 amide bonds. The van der Waals surface area contributed by atoms with Crippen LogP contribution < -0.4 is 0 Å². The first-order chi connectivity index (χ1) is 25.8. The van der Waals surface area contributed by atoms with Crippen LogP contribution in [0.15, 0.2) is 174 Å². The van der Waals surface area contributed by atoms with Crippen LogP contribution in [0.25, 0.3) is 105 Å². The maximum atomic E-state index is 6.49. The van der Waals surface area contributed by atoms with Gasteiger partial charge < -0.3 is 8.98 Å². The van der Waals surface area contributed by atoms with Crippen molar-refractivity contribution < 1.29 is 4.42 Å². The van der Waals surface area contributed by atoms with E-state index in [4.69, 9.17) is 14.4 Å². The molecule has 11 aromatic rings. The molecular formula is C47H28N4O. The van der Waals surface area contributed by atoms with Crippen LogP contribution in [0.3, 0.4) is 0 Å². The van der Waals surface area contributed by atoms with Gasteiger partial charge in [0.1, 0.15) is 11.2 Å². The molecule has 0 spiro atoms. The number of fused-ring (bicyclic) bond motifs is 9. The molecule has 0 aliphatic rings. The minimum absolute atomic E-state index is 0.650. The maximum absolute atomic E-state index is 6.49. The number of hydrogen-bond donors (Lipinski definition) is 0. The molecular weight excluding hydrogens is 637 g/mol. The van der Waals surface area contributed by atoms with Crippen LogP contribution in [0, 0.1) is 0 Å². The molecule has 0 aliphatic heterocycles. The van der Waals surface area contributed by atoms with Gasteiger partial charge in [0.25, 0.3) is 0 Å². The fourth-order valence-corrected chi connectivity index (χ4v) is 7.88. The van der Waals surface area contributed by atoms with E-state index >= 15 is 0 Å². The summed E-state index contributed by atoms with van der Waals surface area (Å²) in [5.74, 6) is 0.650. The normalized spacial score (nSPS) is 11.8. The molecule has 0 radical (unpaired) electrons. The van der Waals surface area contributed by atoms with Gasteiger partial charge in [-0.2, -0.15) is 0 Å². The highest BCUT2D eigenvalue weighted by Gasteiger charge is 2.20. The summed E-state index contributed by atoms with van der Waals surface area (Å²) >= 11 is 0. The Balaban J connectivity index is 1.13. The Morgan fingerprint density at radius 1 is 0.462 bits per heavy atom. The number of pyridine rings is 1. The predicted molar refractivity (Wildman–Crippen MR) is 213 cm³/mol. The molecule has 4 aromatic heterocycles. The summed E-state index contributed by atoms with van der Waals surface area (Å²) in [5.41, 5.74) is 12.0. The van der Waals surface area contributed by atoms with E-state index in [1.165, 1.54) is 21.8 Å². The van der Waals surface area contributed by atoms with Gasteiger partial charge in [0, 0.05) is 55.3 Å². The van der Waals surface area contributed by atoms with Crippen LogP contribution >= 0.6 is 0 Å². The first-order valence-electron chi connectivity index (χ1n) is 17.4. The Morgan fingerprint density at radius 3 is 2.10 bits per heavy atom. The first-order valence-corrected chi connectivity index (χ1v) is 17.4. The zero-order valence-corrected chi connectivity index (χ0v) is 27.9. The topological polar surface area (TPSA) is 56.7 Å². The summed E-state index contributed by atoms with van der Waals surface area (Å²) in [4.78, 5) is 15.2. The summed E-state index contributed by atoms with van der Waals surface area (Å²) in [6.45, 7) is 0. The van der Waals surface area contributed by atoms with Crippen LogP contribution in [0.5, 0.6) is 0 Å². The van der Waals surface area contributed by atoms with Crippen molar-refractivity contribution in [2.24, 2.45) is 0 Å². The third-order valence-electron chi connectivity index (χ3n) is 10.3. The van der Waals surface area contributed by atoms with E-state index in [1.54, 1.807) is 0 Å². The van der Waals surface area contributed by atoms with E-state index < -0.39 is 0 Å². The van der Waals surface area contributed by atoms with Gasteiger partial charge in [-0.1, -0.05) is 91.0 Å². The van der Waals surface area contributed by atoms with Gasteiger partial charge in [0.2, 0.25) is 0 Å². The lowest BCUT2D eigenvalue weighted by Crippen LogP contribution is -1.96. The molecule has 11 rings (SSSR count). The summed E-state index contributed by atoms with van der Waals surface area (Å²) < 4.78 is 8.84. The molecule has 242 valence electrons. The largest absolute Gasteiger partial charge is 0.456 e. The molecule has 5 heteroatoms. The predicted octanol–water partition coefficient (Wildman–Crippen LogP) is 12.2. The molecule has 0 atom stereocenters. The van der Waals surface area contributed by atoms with Gasteiger partial charge in [-0.05, 0) is 83.9 Å². The van der Waals surface area contributed by atoms with Crippen molar-refractivity contribution in [2.45, 2.75) is 0 Å². The molecule has 0 fully saturated rings. The number of hydrogen-bond acceptors (Lipinski definition) is 4. The molecule has 0 N–H and O–H groups in total. The molecule has 0 aliphatic carbocycles. The molecule has 4 heterocycles. The molecule has 5 nitrogen and oxygen atoms in total. The minimum atomic E-state index is 0.650. The lowest BCUT2D eigenvalue weighted by Gasteiger charge is -2.12. The van der Waals surface area contributed by atoms with E-state index in [1.807, 2.05) is 42.6 Å². The number of rotatable bonds is 4. The van der Waals surface area contributed by atoms with Crippen LogP contribution in [0.1, 0.15) is 0 Å². The summed E-state index contributed by atoms with van der Waals surface area (Å²) in [6.07, 6.45) is 1.82. The Bertz CT molecular complexity index is 3180. The van der Waals surface area contributed by atoms with Crippen molar-refractivity contribution in [1.29, 1.82) is 0 Å². The third-order valence-corrected chi connectivity index (χ3v) is 10.3. The molecule has 0 saturated carbocycles. The van der Waals surface area contributed by atoms with E-state index in [-0.39, 0.29) is 0 Å². The van der Waals surface area contributed by atoms with E-state index in [2.05, 4.69) is 137 Å². The SMILES string of the molecule is c1ccc(-c2nc(-c3cccc4oc5ccc(-c6ccc7c(c6)c6ccccc6n7-c6ccccc6)cc5c34)nc3c2ccc2ncccc23)cc1. The molecule has 7 aromatic carbocycles. The molecule has 0 bridgehead atoms. The lowest BCUT2D eigenvalue weighted by molar-refractivity contribution is 0.669. The van der Waals surface area contributed by atoms with Gasteiger partial charge in [0.15, 0.2) is 5.82 Å². The second kappa shape index (κ2) is 11.2. The van der Waals surface area contributed by atoms with Gasteiger partial charge in [-0.25, -0.2) is 9.97 Å². The second-order valence-corrected chi connectivity index (χ2v) is 13.2. The van der Waals surface area contributed by atoms with Gasteiger partial charge in [0.05, 0.1) is 27.8 Å². The average molecular weight is 665 g/mol. The fourth-order valence-electron chi connectivity index (χ4n) is 7.88. The second-order valence-electron chi connectivity index (χ2n) is 13.2. The first kappa shape index (κ1) is 28.7. The quantitative estimate of drug-likeness (QED) is 0.176. The van der Waals surface area contributed by atoms with Crippen molar-refractivity contribution in [2.75, 3.05) is 0 Å². The van der Waals surface area contributed by atoms with Crippen LogP contribution in [0.2, 0.25) is 0 Å². The van der Waals surface area contributed by atoms with Crippen molar-refractivity contribution in [3.63, 3.8) is 0 Å². The summed E-state index contributed by atoms with van der Waals surface area (Å²) in [5, 5.41) is 6.46. The smallest absolute Gasteiger partial charge is 0.161 e. The van der Waals surface area contributed by atoms with E-state index in [0.717, 1.165) is 77.4 Å². The van der Waals surface area contributed by atoms with Gasteiger partial charge in [-0.3, -0.25) is 4.98 Å².